The van der Waals surface area contributed by atoms with Crippen LogP contribution in [0, 0.1) is 29.8 Å². The van der Waals surface area contributed by atoms with Crippen molar-refractivity contribution in [1.29, 1.82) is 0 Å². The number of rotatable bonds is 3. The fourth-order valence-corrected chi connectivity index (χ4v) is 2.18. The lowest BCUT2D eigenvalue weighted by Gasteiger charge is -2.09. The van der Waals surface area contributed by atoms with Crippen LogP contribution in [0.1, 0.15) is 11.3 Å². The van der Waals surface area contributed by atoms with Gasteiger partial charge in [0.05, 0.1) is 4.92 Å². The van der Waals surface area contributed by atoms with Crippen LogP contribution in [0.5, 0.6) is 11.5 Å². The number of nitrogens with zero attached hydrogens (tertiary/aromatic N) is 3. The van der Waals surface area contributed by atoms with Crippen LogP contribution in [0.15, 0.2) is 36.7 Å². The second-order valence-corrected chi connectivity index (χ2v) is 4.87. The van der Waals surface area contributed by atoms with Crippen molar-refractivity contribution < 1.29 is 14.1 Å². The highest BCUT2D eigenvalue weighted by Gasteiger charge is 2.19. The highest BCUT2D eigenvalue weighted by molar-refractivity contribution is 5.50. The highest BCUT2D eigenvalue weighted by Crippen LogP contribution is 2.31. The number of nitro groups is 1. The first-order valence-electron chi connectivity index (χ1n) is 6.52. The maximum absolute atomic E-state index is 13.9. The van der Waals surface area contributed by atoms with E-state index < -0.39 is 16.4 Å². The van der Waals surface area contributed by atoms with Gasteiger partial charge in [-0.2, -0.15) is 4.39 Å². The molecule has 3 rings (SSSR count). The van der Waals surface area contributed by atoms with Gasteiger partial charge in [-0.1, -0.05) is 0 Å². The van der Waals surface area contributed by atoms with E-state index in [0.29, 0.717) is 11.4 Å². The predicted octanol–water partition coefficient (Wildman–Crippen LogP) is 3.79. The van der Waals surface area contributed by atoms with Gasteiger partial charge in [0.15, 0.2) is 0 Å². The first-order chi connectivity index (χ1) is 10.5. The van der Waals surface area contributed by atoms with Crippen molar-refractivity contribution in [2.75, 3.05) is 0 Å². The number of aryl methyl sites for hydroxylation is 1. The van der Waals surface area contributed by atoms with E-state index in [9.17, 15) is 14.5 Å². The maximum Gasteiger partial charge on any atom is 0.305 e. The van der Waals surface area contributed by atoms with E-state index in [1.54, 1.807) is 24.5 Å². The molecule has 0 N–H and O–H groups in total. The fourth-order valence-electron chi connectivity index (χ4n) is 2.18. The smallest absolute Gasteiger partial charge is 0.305 e. The quantitative estimate of drug-likeness (QED) is 0.545. The van der Waals surface area contributed by atoms with E-state index in [4.69, 9.17) is 4.74 Å². The minimum Gasteiger partial charge on any atom is -0.457 e. The standard InChI is InChI=1S/C15H12FN3O3/c1-9-8-17-14-7-11(5-6-18(9)14)22-13-4-3-12(19(20)21)15(16)10(13)2/h3-8H,1-2H3. The van der Waals surface area contributed by atoms with Gasteiger partial charge in [0.1, 0.15) is 17.1 Å². The average Bonchev–Trinajstić information content (AvgIpc) is 2.85. The molecule has 0 saturated carbocycles. The molecule has 0 fully saturated rings. The van der Waals surface area contributed by atoms with Crippen LogP contribution in [0.4, 0.5) is 10.1 Å². The van der Waals surface area contributed by atoms with E-state index in [1.165, 1.54) is 13.0 Å². The zero-order valence-corrected chi connectivity index (χ0v) is 11.9. The summed E-state index contributed by atoms with van der Waals surface area (Å²) in [5.41, 5.74) is 1.21. The Hall–Kier alpha value is -2.96. The number of aromatic nitrogens is 2. The summed E-state index contributed by atoms with van der Waals surface area (Å²) >= 11 is 0. The largest absolute Gasteiger partial charge is 0.457 e. The van der Waals surface area contributed by atoms with Crippen molar-refractivity contribution >= 4 is 11.3 Å². The molecule has 6 nitrogen and oxygen atoms in total. The summed E-state index contributed by atoms with van der Waals surface area (Å²) in [7, 11) is 0. The van der Waals surface area contributed by atoms with Crippen LogP contribution in [0.25, 0.3) is 5.65 Å². The Balaban J connectivity index is 1.97. The normalized spacial score (nSPS) is 10.9. The molecule has 2 aromatic heterocycles. The number of hydrogen-bond acceptors (Lipinski definition) is 4. The molecule has 22 heavy (non-hydrogen) atoms. The van der Waals surface area contributed by atoms with E-state index >= 15 is 0 Å². The molecule has 0 aliphatic carbocycles. The number of pyridine rings is 1. The summed E-state index contributed by atoms with van der Waals surface area (Å²) in [4.78, 5) is 14.2. The first kappa shape index (κ1) is 14.0. The Kier molecular flexibility index (Phi) is 3.25. The van der Waals surface area contributed by atoms with E-state index in [0.717, 1.165) is 11.8 Å². The van der Waals surface area contributed by atoms with Crippen molar-refractivity contribution in [3.8, 4) is 11.5 Å². The van der Waals surface area contributed by atoms with Crippen molar-refractivity contribution in [1.82, 2.24) is 9.38 Å². The van der Waals surface area contributed by atoms with Crippen LogP contribution >= 0.6 is 0 Å². The number of hydrogen-bond donors (Lipinski definition) is 0. The van der Waals surface area contributed by atoms with Gasteiger partial charge >= 0.3 is 5.69 Å². The summed E-state index contributed by atoms with van der Waals surface area (Å²) < 4.78 is 21.4. The van der Waals surface area contributed by atoms with Crippen LogP contribution in [-0.2, 0) is 0 Å². The van der Waals surface area contributed by atoms with Crippen LogP contribution in [0.3, 0.4) is 0 Å². The fraction of sp³-hybridized carbons (Fsp3) is 0.133. The molecule has 0 aliphatic heterocycles. The Morgan fingerprint density at radius 1 is 1.32 bits per heavy atom. The number of nitro benzene ring substituents is 1. The van der Waals surface area contributed by atoms with Gasteiger partial charge in [-0.05, 0) is 26.0 Å². The molecule has 0 unspecified atom stereocenters. The molecule has 0 radical (unpaired) electrons. The first-order valence-corrected chi connectivity index (χ1v) is 6.52. The molecule has 0 aliphatic rings. The minimum absolute atomic E-state index is 0.0913. The molecule has 0 saturated heterocycles. The molecular weight excluding hydrogens is 289 g/mol. The zero-order chi connectivity index (χ0) is 15.9. The topological polar surface area (TPSA) is 69.7 Å². The van der Waals surface area contributed by atoms with Gasteiger partial charge in [0.25, 0.3) is 0 Å². The second kappa shape index (κ2) is 5.10. The Bertz CT molecular complexity index is 889. The van der Waals surface area contributed by atoms with Gasteiger partial charge in [-0.25, -0.2) is 4.98 Å². The molecule has 0 amide bonds. The third-order valence-electron chi connectivity index (χ3n) is 3.41. The van der Waals surface area contributed by atoms with Gasteiger partial charge < -0.3 is 9.14 Å². The number of halogens is 1. The van der Waals surface area contributed by atoms with Crippen LogP contribution in [-0.4, -0.2) is 14.3 Å². The Labute approximate surface area is 124 Å². The van der Waals surface area contributed by atoms with Gasteiger partial charge in [0.2, 0.25) is 5.82 Å². The van der Waals surface area contributed by atoms with Crippen LogP contribution < -0.4 is 4.74 Å². The van der Waals surface area contributed by atoms with E-state index in [2.05, 4.69) is 4.98 Å². The molecule has 2 heterocycles. The average molecular weight is 301 g/mol. The lowest BCUT2D eigenvalue weighted by atomic mass is 10.2. The highest BCUT2D eigenvalue weighted by atomic mass is 19.1. The van der Waals surface area contributed by atoms with Gasteiger partial charge in [0, 0.05) is 35.8 Å². The summed E-state index contributed by atoms with van der Waals surface area (Å²) in [6.07, 6.45) is 3.53. The molecule has 112 valence electrons. The Morgan fingerprint density at radius 3 is 2.82 bits per heavy atom. The molecule has 7 heteroatoms. The predicted molar refractivity (Wildman–Crippen MR) is 77.8 cm³/mol. The monoisotopic (exact) mass is 301 g/mol. The minimum atomic E-state index is -0.889. The lowest BCUT2D eigenvalue weighted by Crippen LogP contribution is -1.97. The molecule has 3 aromatic rings. The van der Waals surface area contributed by atoms with Crippen molar-refractivity contribution in [2.24, 2.45) is 0 Å². The van der Waals surface area contributed by atoms with E-state index in [-0.39, 0.29) is 11.3 Å². The number of imidazole rings is 1. The molecule has 0 spiro atoms. The third-order valence-corrected chi connectivity index (χ3v) is 3.41. The van der Waals surface area contributed by atoms with Gasteiger partial charge in [-0.15, -0.1) is 0 Å². The SMILES string of the molecule is Cc1c(Oc2ccn3c(C)cnc3c2)ccc([N+](=O)[O-])c1F. The summed E-state index contributed by atoms with van der Waals surface area (Å²) in [5.74, 6) is -0.176. The summed E-state index contributed by atoms with van der Waals surface area (Å²) in [6, 6.07) is 5.92. The van der Waals surface area contributed by atoms with Crippen molar-refractivity contribution in [3.63, 3.8) is 0 Å². The van der Waals surface area contributed by atoms with Gasteiger partial charge in [-0.3, -0.25) is 10.1 Å². The molecule has 0 atom stereocenters. The zero-order valence-electron chi connectivity index (χ0n) is 11.9. The third kappa shape index (κ3) is 2.26. The summed E-state index contributed by atoms with van der Waals surface area (Å²) in [6.45, 7) is 3.37. The molecule has 1 aromatic carbocycles. The van der Waals surface area contributed by atoms with Crippen molar-refractivity contribution in [2.45, 2.75) is 13.8 Å². The molecular formula is C15H12FN3O3. The Morgan fingerprint density at radius 2 is 2.09 bits per heavy atom. The number of benzene rings is 1. The van der Waals surface area contributed by atoms with Crippen LogP contribution in [0.2, 0.25) is 0 Å². The van der Waals surface area contributed by atoms with E-state index in [1.807, 2.05) is 11.3 Å². The number of ether oxygens (including phenoxy) is 1. The van der Waals surface area contributed by atoms with Crippen molar-refractivity contribution in [3.05, 3.63) is 63.8 Å². The maximum atomic E-state index is 13.9. The lowest BCUT2D eigenvalue weighted by molar-refractivity contribution is -0.387. The second-order valence-electron chi connectivity index (χ2n) is 4.87. The summed E-state index contributed by atoms with van der Waals surface area (Å²) in [5, 5.41) is 10.7. The number of fused-ring (bicyclic) bond motifs is 1. The molecule has 0 bridgehead atoms.